The number of carbonyl (C=O) groups is 2. The Kier molecular flexibility index (Phi) is 6.44. The zero-order chi connectivity index (χ0) is 23.5. The molecule has 2 aliphatic heterocycles. The Bertz CT molecular complexity index is 1110. The first kappa shape index (κ1) is 22.5. The van der Waals surface area contributed by atoms with Gasteiger partial charge >= 0.3 is 0 Å². The number of Topliss-reactive ketones (excluding diaryl/α,β-unsaturated/α-hetero) is 1. The highest BCUT2D eigenvalue weighted by Gasteiger charge is 2.46. The second-order valence-corrected chi connectivity index (χ2v) is 7.69. The van der Waals surface area contributed by atoms with E-state index in [4.69, 9.17) is 18.9 Å². The predicted octanol–water partition coefficient (Wildman–Crippen LogP) is 3.70. The van der Waals surface area contributed by atoms with Crippen molar-refractivity contribution < 1.29 is 33.6 Å². The number of methoxy groups -OCH3 is 1. The van der Waals surface area contributed by atoms with Crippen molar-refractivity contribution in [3.63, 3.8) is 0 Å². The Labute approximate surface area is 192 Å². The Morgan fingerprint density at radius 3 is 2.52 bits per heavy atom. The molecule has 0 bridgehead atoms. The molecule has 174 valence electrons. The third-order valence-electron chi connectivity index (χ3n) is 5.62. The Hall–Kier alpha value is -3.68. The molecule has 4 rings (SSSR count). The van der Waals surface area contributed by atoms with Gasteiger partial charge in [-0.25, -0.2) is 0 Å². The zero-order valence-electron chi connectivity index (χ0n) is 18.9. The number of amides is 1. The minimum absolute atomic E-state index is 0.0244. The summed E-state index contributed by atoms with van der Waals surface area (Å²) in [5, 5.41) is 11.2. The first-order chi connectivity index (χ1) is 16.0. The largest absolute Gasteiger partial charge is 0.507 e. The minimum atomic E-state index is -0.761. The zero-order valence-corrected chi connectivity index (χ0v) is 18.9. The maximum Gasteiger partial charge on any atom is 0.295 e. The van der Waals surface area contributed by atoms with Crippen molar-refractivity contribution in [1.29, 1.82) is 0 Å². The quantitative estimate of drug-likeness (QED) is 0.388. The van der Waals surface area contributed by atoms with Gasteiger partial charge in [-0.05, 0) is 49.2 Å². The molecule has 2 aliphatic rings. The highest BCUT2D eigenvalue weighted by molar-refractivity contribution is 6.46. The second-order valence-electron chi connectivity index (χ2n) is 7.69. The van der Waals surface area contributed by atoms with Gasteiger partial charge in [0.2, 0.25) is 0 Å². The lowest BCUT2D eigenvalue weighted by atomic mass is 9.94. The van der Waals surface area contributed by atoms with E-state index < -0.39 is 17.7 Å². The van der Waals surface area contributed by atoms with Crippen molar-refractivity contribution in [2.75, 3.05) is 33.5 Å². The van der Waals surface area contributed by atoms with Crippen LogP contribution in [0.2, 0.25) is 0 Å². The third kappa shape index (κ3) is 4.08. The van der Waals surface area contributed by atoms with Gasteiger partial charge in [-0.3, -0.25) is 9.59 Å². The molecule has 8 nitrogen and oxygen atoms in total. The molecule has 0 saturated carbocycles. The fraction of sp³-hybridized carbons (Fsp3) is 0.360. The molecule has 2 aromatic rings. The van der Waals surface area contributed by atoms with Crippen molar-refractivity contribution in [1.82, 2.24) is 4.90 Å². The van der Waals surface area contributed by atoms with Crippen molar-refractivity contribution in [2.24, 2.45) is 0 Å². The number of hydrogen-bond acceptors (Lipinski definition) is 7. The van der Waals surface area contributed by atoms with Crippen molar-refractivity contribution in [3.05, 3.63) is 53.1 Å². The number of nitrogens with zero attached hydrogens (tertiary/aromatic N) is 1. The summed E-state index contributed by atoms with van der Waals surface area (Å²) in [7, 11) is 1.53. The average Bonchev–Trinajstić information content (AvgIpc) is 3.09. The van der Waals surface area contributed by atoms with Gasteiger partial charge < -0.3 is 29.0 Å². The van der Waals surface area contributed by atoms with Crippen LogP contribution >= 0.6 is 0 Å². The summed E-state index contributed by atoms with van der Waals surface area (Å²) in [4.78, 5) is 27.5. The summed E-state index contributed by atoms with van der Waals surface area (Å²) in [5.74, 6) is 0.451. The lowest BCUT2D eigenvalue weighted by Crippen LogP contribution is -2.30. The molecule has 0 radical (unpaired) electrons. The Morgan fingerprint density at radius 2 is 1.82 bits per heavy atom. The van der Waals surface area contributed by atoms with Gasteiger partial charge in [0.05, 0.1) is 25.3 Å². The van der Waals surface area contributed by atoms with Crippen molar-refractivity contribution >= 4 is 17.4 Å². The Morgan fingerprint density at radius 1 is 1.06 bits per heavy atom. The number of aliphatic hydroxyl groups excluding tert-OH is 1. The van der Waals surface area contributed by atoms with Crippen LogP contribution in [0.15, 0.2) is 42.0 Å². The van der Waals surface area contributed by atoms with E-state index in [1.54, 1.807) is 36.4 Å². The molecule has 1 saturated heterocycles. The first-order valence-electron chi connectivity index (χ1n) is 11.0. The van der Waals surface area contributed by atoms with Crippen LogP contribution in [-0.2, 0) is 9.59 Å². The number of likely N-dealkylation sites (tertiary alicyclic amines) is 1. The van der Waals surface area contributed by atoms with Gasteiger partial charge in [0.15, 0.2) is 23.0 Å². The van der Waals surface area contributed by atoms with E-state index in [-0.39, 0.29) is 11.3 Å². The molecule has 0 aliphatic carbocycles. The van der Waals surface area contributed by atoms with E-state index in [0.29, 0.717) is 66.9 Å². The van der Waals surface area contributed by atoms with Gasteiger partial charge in [-0.15, -0.1) is 0 Å². The number of aliphatic hydroxyl groups is 1. The molecule has 2 heterocycles. The molecular formula is C25H27NO7. The molecule has 2 aromatic carbocycles. The minimum Gasteiger partial charge on any atom is -0.507 e. The van der Waals surface area contributed by atoms with Crippen LogP contribution in [0.1, 0.15) is 37.4 Å². The van der Waals surface area contributed by atoms with E-state index in [0.717, 1.165) is 0 Å². The van der Waals surface area contributed by atoms with Gasteiger partial charge in [0.1, 0.15) is 19.0 Å². The number of ketones is 1. The van der Waals surface area contributed by atoms with Gasteiger partial charge in [-0.1, -0.05) is 13.0 Å². The topological polar surface area (TPSA) is 94.5 Å². The van der Waals surface area contributed by atoms with Gasteiger partial charge in [0.25, 0.3) is 11.7 Å². The average molecular weight is 453 g/mol. The van der Waals surface area contributed by atoms with Crippen LogP contribution in [0.4, 0.5) is 0 Å². The summed E-state index contributed by atoms with van der Waals surface area (Å²) < 4.78 is 22.2. The van der Waals surface area contributed by atoms with Crippen molar-refractivity contribution in [2.45, 2.75) is 26.3 Å². The lowest BCUT2D eigenvalue weighted by molar-refractivity contribution is -0.139. The smallest absolute Gasteiger partial charge is 0.295 e. The van der Waals surface area contributed by atoms with Crippen LogP contribution < -0.4 is 18.9 Å². The highest BCUT2D eigenvalue weighted by Crippen LogP contribution is 2.43. The van der Waals surface area contributed by atoms with Gasteiger partial charge in [-0.2, -0.15) is 0 Å². The molecular weight excluding hydrogens is 426 g/mol. The molecule has 8 heteroatoms. The predicted molar refractivity (Wildman–Crippen MR) is 121 cm³/mol. The number of carbonyl (C=O) groups excluding carboxylic acids is 2. The van der Waals surface area contributed by atoms with E-state index in [2.05, 4.69) is 0 Å². The summed E-state index contributed by atoms with van der Waals surface area (Å²) in [6.07, 6.45) is 0.655. The monoisotopic (exact) mass is 453 g/mol. The van der Waals surface area contributed by atoms with E-state index in [9.17, 15) is 14.7 Å². The van der Waals surface area contributed by atoms with Crippen LogP contribution in [0.5, 0.6) is 23.0 Å². The number of ether oxygens (including phenoxy) is 4. The van der Waals surface area contributed by atoms with Crippen LogP contribution in [0, 0.1) is 0 Å². The van der Waals surface area contributed by atoms with E-state index in [1.165, 1.54) is 12.0 Å². The number of rotatable bonds is 7. The first-order valence-corrected chi connectivity index (χ1v) is 11.0. The molecule has 1 amide bonds. The van der Waals surface area contributed by atoms with Crippen LogP contribution in [0.25, 0.3) is 5.76 Å². The maximum absolute atomic E-state index is 13.1. The molecule has 33 heavy (non-hydrogen) atoms. The second kappa shape index (κ2) is 9.44. The van der Waals surface area contributed by atoms with Gasteiger partial charge in [0, 0.05) is 12.1 Å². The number of benzene rings is 2. The van der Waals surface area contributed by atoms with Crippen molar-refractivity contribution in [3.8, 4) is 23.0 Å². The normalized spacial score (nSPS) is 19.0. The molecule has 1 fully saturated rings. The molecule has 1 atom stereocenters. The summed E-state index contributed by atoms with van der Waals surface area (Å²) in [6.45, 7) is 5.47. The SMILES string of the molecule is CCCN1C(=O)C(=O)/C(=C(/O)c2ccc3c(c2)OCCO3)C1c1ccc(OCC)c(OC)c1. The maximum atomic E-state index is 13.1. The molecule has 0 spiro atoms. The van der Waals surface area contributed by atoms with Crippen LogP contribution in [0.3, 0.4) is 0 Å². The van der Waals surface area contributed by atoms with E-state index >= 15 is 0 Å². The summed E-state index contributed by atoms with van der Waals surface area (Å²) in [5.41, 5.74) is 1.04. The van der Waals surface area contributed by atoms with E-state index in [1.807, 2.05) is 13.8 Å². The number of fused-ring (bicyclic) bond motifs is 1. The fourth-order valence-electron chi connectivity index (χ4n) is 4.17. The fourth-order valence-corrected chi connectivity index (χ4v) is 4.17. The summed E-state index contributed by atoms with van der Waals surface area (Å²) in [6, 6.07) is 9.45. The number of hydrogen-bond donors (Lipinski definition) is 1. The summed E-state index contributed by atoms with van der Waals surface area (Å²) >= 11 is 0. The molecule has 1 N–H and O–H groups in total. The lowest BCUT2D eigenvalue weighted by Gasteiger charge is -2.25. The van der Waals surface area contributed by atoms with Crippen LogP contribution in [-0.4, -0.2) is 55.2 Å². The Balaban J connectivity index is 1.85. The highest BCUT2D eigenvalue weighted by atomic mass is 16.6. The third-order valence-corrected chi connectivity index (χ3v) is 5.62. The molecule has 1 unspecified atom stereocenters. The molecule has 0 aromatic heterocycles. The standard InChI is InChI=1S/C25H27NO7/c1-4-10-26-22(15-6-8-17(31-5-2)19(13-15)30-3)21(24(28)25(26)29)23(27)16-7-9-18-20(14-16)33-12-11-32-18/h6-9,13-14,22,27H,4-5,10-12H2,1-3H3/b23-21+.